The molecule has 0 saturated carbocycles. The third-order valence-corrected chi connectivity index (χ3v) is 5.91. The molecule has 0 saturated heterocycles. The van der Waals surface area contributed by atoms with Crippen LogP contribution in [0.3, 0.4) is 0 Å². The summed E-state index contributed by atoms with van der Waals surface area (Å²) in [6.45, 7) is 5.98. The fourth-order valence-corrected chi connectivity index (χ4v) is 4.11. The van der Waals surface area contributed by atoms with Gasteiger partial charge in [-0.05, 0) is 60.5 Å². The second-order valence-electron chi connectivity index (χ2n) is 8.25. The molecule has 6 nitrogen and oxygen atoms in total. The summed E-state index contributed by atoms with van der Waals surface area (Å²) in [7, 11) is 4.03. The predicted molar refractivity (Wildman–Crippen MR) is 140 cm³/mol. The maximum atomic E-state index is 4.94. The number of nitrogens with one attached hydrogen (secondary N) is 2. The van der Waals surface area contributed by atoms with E-state index in [1.54, 1.807) is 6.20 Å². The number of imidazole rings is 1. The normalized spacial score (nSPS) is 12.4. The molecule has 0 aliphatic carbocycles. The molecule has 3 aromatic heterocycles. The number of hydrogen-bond acceptors (Lipinski definition) is 4. The van der Waals surface area contributed by atoms with Crippen LogP contribution in [0, 0.1) is 0 Å². The molecule has 0 radical (unpaired) electrons. The maximum Gasteiger partial charge on any atom is 0.159 e. The van der Waals surface area contributed by atoms with E-state index < -0.39 is 0 Å². The SMILES string of the molecule is C=C/C(=C\C(=C/C)c1ccc2[nH]nc(-c3nc4c(-c5ccccn5)cccc4[nH]3)c2c1)N(C)C. The molecule has 34 heavy (non-hydrogen) atoms. The molecular weight excluding hydrogens is 420 g/mol. The van der Waals surface area contributed by atoms with E-state index in [1.807, 2.05) is 68.4 Å². The molecule has 0 aliphatic heterocycles. The van der Waals surface area contributed by atoms with E-state index >= 15 is 0 Å². The van der Waals surface area contributed by atoms with E-state index in [2.05, 4.69) is 57.1 Å². The number of hydrogen-bond donors (Lipinski definition) is 2. The van der Waals surface area contributed by atoms with Gasteiger partial charge in [-0.25, -0.2) is 4.98 Å². The van der Waals surface area contributed by atoms with E-state index in [9.17, 15) is 0 Å². The summed E-state index contributed by atoms with van der Waals surface area (Å²) in [6.07, 6.45) is 7.90. The lowest BCUT2D eigenvalue weighted by Gasteiger charge is -2.14. The standard InChI is InChI=1S/C28H26N6/c1-5-18(16-20(6-2)34(3)4)19-13-14-24-22(17-19)27(33-32-24)28-30-25-12-9-10-21(26(25)31-28)23-11-7-8-15-29-23/h5-17H,2H2,1,3-4H3,(H,30,31)(H,32,33)/b18-5+,20-16+. The van der Waals surface area contributed by atoms with Gasteiger partial charge in [0.2, 0.25) is 0 Å². The number of H-pyrrole nitrogens is 2. The molecule has 2 N–H and O–H groups in total. The van der Waals surface area contributed by atoms with E-state index in [4.69, 9.17) is 4.98 Å². The van der Waals surface area contributed by atoms with Crippen LogP contribution in [0.2, 0.25) is 0 Å². The van der Waals surface area contributed by atoms with Crippen molar-refractivity contribution >= 4 is 27.5 Å². The minimum absolute atomic E-state index is 0.722. The van der Waals surface area contributed by atoms with Gasteiger partial charge in [-0.3, -0.25) is 10.1 Å². The lowest BCUT2D eigenvalue weighted by atomic mass is 10.0. The van der Waals surface area contributed by atoms with Gasteiger partial charge in [0.05, 0.1) is 22.2 Å². The van der Waals surface area contributed by atoms with Gasteiger partial charge in [0.25, 0.3) is 0 Å². The number of allylic oxidation sites excluding steroid dienone is 4. The topological polar surface area (TPSA) is 73.5 Å². The van der Waals surface area contributed by atoms with Crippen LogP contribution in [0.15, 0.2) is 91.3 Å². The number of pyridine rings is 1. The zero-order valence-electron chi connectivity index (χ0n) is 19.5. The Balaban J connectivity index is 1.62. The van der Waals surface area contributed by atoms with Crippen LogP contribution in [-0.4, -0.2) is 44.1 Å². The van der Waals surface area contributed by atoms with Crippen molar-refractivity contribution in [3.05, 3.63) is 96.9 Å². The molecule has 5 rings (SSSR count). The highest BCUT2D eigenvalue weighted by atomic mass is 15.1. The molecule has 0 fully saturated rings. The summed E-state index contributed by atoms with van der Waals surface area (Å²) in [5, 5.41) is 8.76. The van der Waals surface area contributed by atoms with E-state index in [0.717, 1.165) is 61.5 Å². The van der Waals surface area contributed by atoms with Crippen molar-refractivity contribution in [3.8, 4) is 22.8 Å². The van der Waals surface area contributed by atoms with Crippen molar-refractivity contribution in [2.45, 2.75) is 6.92 Å². The highest BCUT2D eigenvalue weighted by Gasteiger charge is 2.16. The molecule has 0 atom stereocenters. The molecular formula is C28H26N6. The number of aromatic nitrogens is 5. The van der Waals surface area contributed by atoms with Crippen LogP contribution in [0.5, 0.6) is 0 Å². The average molecular weight is 447 g/mol. The molecule has 0 bridgehead atoms. The molecule has 3 heterocycles. The van der Waals surface area contributed by atoms with Gasteiger partial charge in [-0.15, -0.1) is 0 Å². The predicted octanol–water partition coefficient (Wildman–Crippen LogP) is 6.20. The summed E-state index contributed by atoms with van der Waals surface area (Å²) >= 11 is 0. The largest absolute Gasteiger partial charge is 0.378 e. The van der Waals surface area contributed by atoms with Gasteiger partial charge >= 0.3 is 0 Å². The number of para-hydroxylation sites is 1. The number of aromatic amines is 2. The van der Waals surface area contributed by atoms with Crippen molar-refractivity contribution in [1.29, 1.82) is 0 Å². The molecule has 2 aromatic carbocycles. The summed E-state index contributed by atoms with van der Waals surface area (Å²) in [5.41, 5.74) is 8.71. The first-order chi connectivity index (χ1) is 16.6. The number of rotatable bonds is 6. The monoisotopic (exact) mass is 446 g/mol. The Bertz CT molecular complexity index is 1550. The van der Waals surface area contributed by atoms with Crippen molar-refractivity contribution < 1.29 is 0 Å². The Morgan fingerprint density at radius 2 is 1.91 bits per heavy atom. The van der Waals surface area contributed by atoms with Crippen molar-refractivity contribution in [1.82, 2.24) is 30.0 Å². The Morgan fingerprint density at radius 3 is 2.65 bits per heavy atom. The second kappa shape index (κ2) is 8.83. The number of nitrogens with zero attached hydrogens (tertiary/aromatic N) is 4. The fourth-order valence-electron chi connectivity index (χ4n) is 4.11. The minimum atomic E-state index is 0.722. The van der Waals surface area contributed by atoms with Crippen molar-refractivity contribution in [2.75, 3.05) is 14.1 Å². The molecule has 6 heteroatoms. The molecule has 168 valence electrons. The van der Waals surface area contributed by atoms with E-state index in [-0.39, 0.29) is 0 Å². The van der Waals surface area contributed by atoms with Gasteiger partial charge in [0.15, 0.2) is 5.82 Å². The van der Waals surface area contributed by atoms with Crippen molar-refractivity contribution in [2.24, 2.45) is 0 Å². The van der Waals surface area contributed by atoms with Gasteiger partial charge in [-0.1, -0.05) is 36.9 Å². The highest BCUT2D eigenvalue weighted by Crippen LogP contribution is 2.32. The first kappa shape index (κ1) is 21.4. The lowest BCUT2D eigenvalue weighted by Crippen LogP contribution is -2.09. The van der Waals surface area contributed by atoms with Crippen LogP contribution in [0.25, 0.3) is 50.3 Å². The first-order valence-electron chi connectivity index (χ1n) is 11.2. The second-order valence-corrected chi connectivity index (χ2v) is 8.25. The summed E-state index contributed by atoms with van der Waals surface area (Å²) in [4.78, 5) is 14.9. The Kier molecular flexibility index (Phi) is 5.55. The average Bonchev–Trinajstić information content (AvgIpc) is 3.48. The molecule has 0 unspecified atom stereocenters. The third-order valence-electron chi connectivity index (χ3n) is 5.91. The molecule has 5 aromatic rings. The molecule has 0 aliphatic rings. The Hall–Kier alpha value is -4.45. The summed E-state index contributed by atoms with van der Waals surface area (Å²) < 4.78 is 0. The van der Waals surface area contributed by atoms with Crippen LogP contribution in [-0.2, 0) is 0 Å². The minimum Gasteiger partial charge on any atom is -0.378 e. The Labute approximate surface area is 198 Å². The lowest BCUT2D eigenvalue weighted by molar-refractivity contribution is 0.530. The third kappa shape index (κ3) is 3.79. The summed E-state index contributed by atoms with van der Waals surface area (Å²) in [5.74, 6) is 0.722. The van der Waals surface area contributed by atoms with Crippen LogP contribution < -0.4 is 0 Å². The smallest absolute Gasteiger partial charge is 0.159 e. The van der Waals surface area contributed by atoms with Crippen LogP contribution in [0.4, 0.5) is 0 Å². The van der Waals surface area contributed by atoms with Gasteiger partial charge < -0.3 is 9.88 Å². The van der Waals surface area contributed by atoms with Gasteiger partial charge in [0, 0.05) is 36.9 Å². The zero-order chi connectivity index (χ0) is 23.7. The van der Waals surface area contributed by atoms with Gasteiger partial charge in [-0.2, -0.15) is 5.10 Å². The quantitative estimate of drug-likeness (QED) is 0.304. The number of likely N-dealkylation sites (N-methyl/N-ethyl adjacent to an activating group) is 1. The van der Waals surface area contributed by atoms with Crippen molar-refractivity contribution in [3.63, 3.8) is 0 Å². The number of fused-ring (bicyclic) bond motifs is 2. The molecule has 0 spiro atoms. The highest BCUT2D eigenvalue weighted by molar-refractivity contribution is 5.98. The number of benzene rings is 2. The fraction of sp³-hybridized carbons (Fsp3) is 0.107. The van der Waals surface area contributed by atoms with E-state index in [1.165, 1.54) is 0 Å². The summed E-state index contributed by atoms with van der Waals surface area (Å²) in [6, 6.07) is 18.3. The van der Waals surface area contributed by atoms with Crippen LogP contribution in [0.1, 0.15) is 12.5 Å². The van der Waals surface area contributed by atoms with Crippen LogP contribution >= 0.6 is 0 Å². The van der Waals surface area contributed by atoms with Gasteiger partial charge in [0.1, 0.15) is 5.69 Å². The Morgan fingerprint density at radius 1 is 1.03 bits per heavy atom. The first-order valence-corrected chi connectivity index (χ1v) is 11.2. The van der Waals surface area contributed by atoms with E-state index in [0.29, 0.717) is 0 Å². The zero-order valence-corrected chi connectivity index (χ0v) is 19.5. The molecule has 0 amide bonds. The maximum absolute atomic E-state index is 4.94.